The minimum absolute atomic E-state index is 0.286. The molecule has 1 heterocycles. The normalized spacial score (nSPS) is 20.6. The van der Waals surface area contributed by atoms with E-state index in [4.69, 9.17) is 9.47 Å². The van der Waals surface area contributed by atoms with Gasteiger partial charge < -0.3 is 36.4 Å². The van der Waals surface area contributed by atoms with E-state index in [1.165, 1.54) is 41.5 Å². The van der Waals surface area contributed by atoms with Gasteiger partial charge in [-0.05, 0) is 41.5 Å². The van der Waals surface area contributed by atoms with Gasteiger partial charge >= 0.3 is 25.9 Å². The minimum Gasteiger partial charge on any atom is -0.457 e. The van der Waals surface area contributed by atoms with Crippen LogP contribution in [0.25, 0.3) is 0 Å². The molecule has 0 radical (unpaired) electrons. The van der Waals surface area contributed by atoms with Gasteiger partial charge in [0.2, 0.25) is 0 Å². The Labute approximate surface area is 138 Å². The summed E-state index contributed by atoms with van der Waals surface area (Å²) in [6.07, 6.45) is -6.31. The third-order valence-electron chi connectivity index (χ3n) is 3.00. The number of carbonyl (C=O) groups excluding carboxylic acids is 2. The molecule has 24 heavy (non-hydrogen) atoms. The highest BCUT2D eigenvalue weighted by Gasteiger charge is 2.52. The van der Waals surface area contributed by atoms with E-state index in [1.807, 2.05) is 0 Å². The Bertz CT molecular complexity index is 474. The van der Waals surface area contributed by atoms with Crippen LogP contribution in [0.4, 0.5) is 26.9 Å². The highest BCUT2D eigenvalue weighted by molar-refractivity contribution is 6.76. The molecule has 1 fully saturated rings. The Morgan fingerprint density at radius 3 is 1.21 bits per heavy atom. The molecule has 0 aromatic carbocycles. The summed E-state index contributed by atoms with van der Waals surface area (Å²) in [7, 11) is 0. The molecule has 0 unspecified atom stereocenters. The standard InChI is InChI=1S/C12H22B2F4N2O4/c1-11(2,3)23-9(21)19-7-14(17,18)20(8-13(19,15)16)10(22)24-12(4,5)6/h7-8H2,1-6H3/q-2. The maximum absolute atomic E-state index is 14.2. The molecule has 140 valence electrons. The lowest BCUT2D eigenvalue weighted by atomic mass is 9.61. The average molecular weight is 356 g/mol. The van der Waals surface area contributed by atoms with Gasteiger partial charge in [-0.1, -0.05) is 12.9 Å². The SMILES string of the molecule is CC(C)(C)OC(=O)N1C[B-](F)(F)N(C(=O)OC(C)(C)C)C[B-]1(F)F. The summed E-state index contributed by atoms with van der Waals surface area (Å²) in [5.41, 5.74) is -2.23. The summed E-state index contributed by atoms with van der Waals surface area (Å²) in [4.78, 5) is 23.0. The third-order valence-corrected chi connectivity index (χ3v) is 3.00. The Balaban J connectivity index is 3.01. The number of rotatable bonds is 0. The topological polar surface area (TPSA) is 59.1 Å². The van der Waals surface area contributed by atoms with Gasteiger partial charge in [-0.15, -0.1) is 0 Å². The molecule has 1 aliphatic heterocycles. The first-order valence-electron chi connectivity index (χ1n) is 7.51. The lowest BCUT2D eigenvalue weighted by molar-refractivity contribution is 0.0235. The number of nitrogens with zero attached hydrogens (tertiary/aromatic N) is 2. The quantitative estimate of drug-likeness (QED) is 0.494. The van der Waals surface area contributed by atoms with Crippen molar-refractivity contribution < 1.29 is 36.3 Å². The first-order valence-corrected chi connectivity index (χ1v) is 7.51. The Morgan fingerprint density at radius 1 is 0.750 bits per heavy atom. The summed E-state index contributed by atoms with van der Waals surface area (Å²) >= 11 is 0. The largest absolute Gasteiger partial charge is 0.457 e. The molecule has 0 saturated carbocycles. The lowest BCUT2D eigenvalue weighted by Crippen LogP contribution is -2.73. The molecule has 1 aliphatic rings. The molecular formula is C12H22B2F4N2O4-2. The average Bonchev–Trinajstić information content (AvgIpc) is 2.27. The zero-order valence-corrected chi connectivity index (χ0v) is 14.6. The molecule has 0 aromatic heterocycles. The number of amides is 2. The van der Waals surface area contributed by atoms with Gasteiger partial charge in [0.1, 0.15) is 11.2 Å². The van der Waals surface area contributed by atoms with E-state index in [2.05, 4.69) is 0 Å². The summed E-state index contributed by atoms with van der Waals surface area (Å²) < 4.78 is 66.3. The molecule has 0 atom stereocenters. The fourth-order valence-corrected chi connectivity index (χ4v) is 2.08. The Morgan fingerprint density at radius 2 is 1.00 bits per heavy atom. The zero-order chi connectivity index (χ0) is 19.1. The maximum Gasteiger partial charge on any atom is 0.427 e. The van der Waals surface area contributed by atoms with E-state index in [0.29, 0.717) is 0 Å². The van der Waals surface area contributed by atoms with E-state index in [1.54, 1.807) is 0 Å². The van der Waals surface area contributed by atoms with Crippen LogP contribution in [0.3, 0.4) is 0 Å². The number of hydrogen-bond donors (Lipinski definition) is 0. The van der Waals surface area contributed by atoms with Crippen molar-refractivity contribution in [1.29, 1.82) is 0 Å². The summed E-state index contributed by atoms with van der Waals surface area (Å²) in [6.45, 7) is -0.939. The van der Waals surface area contributed by atoms with E-state index in [0.717, 1.165) is 0 Å². The van der Waals surface area contributed by atoms with Gasteiger partial charge in [0.15, 0.2) is 0 Å². The molecule has 0 aliphatic carbocycles. The number of ether oxygens (including phenoxy) is 2. The Kier molecular flexibility index (Phi) is 5.14. The molecule has 0 aromatic rings. The molecule has 12 heteroatoms. The third kappa shape index (κ3) is 5.20. The number of halogens is 4. The van der Waals surface area contributed by atoms with Gasteiger partial charge in [-0.25, -0.2) is 9.59 Å². The van der Waals surface area contributed by atoms with Crippen LogP contribution in [0, 0.1) is 0 Å². The van der Waals surface area contributed by atoms with E-state index in [9.17, 15) is 26.9 Å². The predicted molar refractivity (Wildman–Crippen MR) is 81.8 cm³/mol. The van der Waals surface area contributed by atoms with Crippen LogP contribution < -0.4 is 0 Å². The molecule has 1 rings (SSSR count). The second kappa shape index (κ2) is 6.03. The van der Waals surface area contributed by atoms with Crippen molar-refractivity contribution in [1.82, 2.24) is 9.62 Å². The van der Waals surface area contributed by atoms with Crippen LogP contribution in [0.1, 0.15) is 41.5 Å². The van der Waals surface area contributed by atoms with Crippen molar-refractivity contribution in [3.63, 3.8) is 0 Å². The summed E-state index contributed by atoms with van der Waals surface area (Å²) in [5.74, 6) is 0. The van der Waals surface area contributed by atoms with Crippen molar-refractivity contribution in [3.8, 4) is 0 Å². The monoisotopic (exact) mass is 356 g/mol. The summed E-state index contributed by atoms with van der Waals surface area (Å²) in [5, 5.41) is 0. The van der Waals surface area contributed by atoms with Gasteiger partial charge in [0, 0.05) is 0 Å². The second-order valence-corrected chi connectivity index (χ2v) is 7.80. The molecule has 1 saturated heterocycles. The maximum atomic E-state index is 14.2. The van der Waals surface area contributed by atoms with Crippen molar-refractivity contribution >= 4 is 25.9 Å². The first-order chi connectivity index (χ1) is 10.4. The van der Waals surface area contributed by atoms with Crippen molar-refractivity contribution in [2.75, 3.05) is 12.9 Å². The van der Waals surface area contributed by atoms with Crippen LogP contribution in [0.15, 0.2) is 0 Å². The zero-order valence-electron chi connectivity index (χ0n) is 14.6. The van der Waals surface area contributed by atoms with Crippen LogP contribution in [0.2, 0.25) is 0 Å². The smallest absolute Gasteiger partial charge is 0.427 e. The highest BCUT2D eigenvalue weighted by Crippen LogP contribution is 2.32. The molecule has 0 spiro atoms. The van der Waals surface area contributed by atoms with Crippen LogP contribution in [-0.2, 0) is 9.47 Å². The van der Waals surface area contributed by atoms with Crippen molar-refractivity contribution in [2.24, 2.45) is 0 Å². The van der Waals surface area contributed by atoms with Crippen LogP contribution in [0.5, 0.6) is 0 Å². The van der Waals surface area contributed by atoms with Crippen molar-refractivity contribution in [3.05, 3.63) is 0 Å². The molecular weight excluding hydrogens is 334 g/mol. The highest BCUT2D eigenvalue weighted by atomic mass is 19.3. The van der Waals surface area contributed by atoms with E-state index in [-0.39, 0.29) is 9.62 Å². The second-order valence-electron chi connectivity index (χ2n) is 7.80. The van der Waals surface area contributed by atoms with Crippen molar-refractivity contribution in [2.45, 2.75) is 52.7 Å². The number of hydrogen-bond acceptors (Lipinski definition) is 4. The first kappa shape index (κ1) is 20.4. The lowest BCUT2D eigenvalue weighted by Gasteiger charge is -2.55. The molecule has 6 nitrogen and oxygen atoms in total. The molecule has 0 bridgehead atoms. The fourth-order valence-electron chi connectivity index (χ4n) is 2.08. The van der Waals surface area contributed by atoms with E-state index < -0.39 is 49.9 Å². The Hall–Kier alpha value is -1.61. The predicted octanol–water partition coefficient (Wildman–Crippen LogP) is 3.31. The van der Waals surface area contributed by atoms with Gasteiger partial charge in [0.25, 0.3) is 0 Å². The summed E-state index contributed by atoms with van der Waals surface area (Å²) in [6, 6.07) is 0. The van der Waals surface area contributed by atoms with Gasteiger partial charge in [-0.3, -0.25) is 0 Å². The minimum atomic E-state index is -4.75. The van der Waals surface area contributed by atoms with Crippen LogP contribution in [-0.4, -0.2) is 59.6 Å². The number of carbonyl (C=O) groups is 2. The van der Waals surface area contributed by atoms with Gasteiger partial charge in [-0.2, -0.15) is 0 Å². The molecule has 0 N–H and O–H groups in total. The molecule has 2 amide bonds. The van der Waals surface area contributed by atoms with Crippen LogP contribution >= 0.6 is 0 Å². The van der Waals surface area contributed by atoms with Gasteiger partial charge in [0.05, 0.1) is 0 Å². The fraction of sp³-hybridized carbons (Fsp3) is 0.833. The van der Waals surface area contributed by atoms with E-state index >= 15 is 0 Å².